The maximum Gasteiger partial charge on any atom is 0.472 e. The average Bonchev–Trinajstić information content (AvgIpc) is 2.87. The third kappa shape index (κ3) is 22.2. The normalized spacial score (nSPS) is 14.6. The fourth-order valence-electron chi connectivity index (χ4n) is 3.29. The van der Waals surface area contributed by atoms with Gasteiger partial charge in [0.25, 0.3) is 0 Å². The minimum Gasteiger partial charge on any atom is -0.480 e. The Kier molecular flexibility index (Phi) is 22.1. The Bertz CT molecular complexity index is 731. The summed E-state index contributed by atoms with van der Waals surface area (Å²) in [4.78, 5) is 44.8. The van der Waals surface area contributed by atoms with Gasteiger partial charge in [0.2, 0.25) is 5.91 Å². The van der Waals surface area contributed by atoms with E-state index in [1.54, 1.807) is 0 Å². The molecule has 1 amide bonds. The number of rotatable bonds is 25. The molecule has 0 saturated heterocycles. The van der Waals surface area contributed by atoms with Crippen molar-refractivity contribution in [3.63, 3.8) is 0 Å². The molecule has 0 aromatic heterocycles. The van der Waals surface area contributed by atoms with Gasteiger partial charge in [0.05, 0.1) is 13.2 Å². The molecule has 0 bridgehead atoms. The molecule has 0 rings (SSSR count). The predicted octanol–water partition coefficient (Wildman–Crippen LogP) is 4.65. The Hall–Kier alpha value is -1.78. The van der Waals surface area contributed by atoms with E-state index < -0.39 is 57.6 Å². The monoisotopic (exact) mass is 565 g/mol. The van der Waals surface area contributed by atoms with Crippen LogP contribution in [0.1, 0.15) is 104 Å². The van der Waals surface area contributed by atoms with E-state index in [2.05, 4.69) is 33.4 Å². The van der Waals surface area contributed by atoms with Gasteiger partial charge in [0, 0.05) is 12.8 Å². The number of carbonyl (C=O) groups excluding carboxylic acids is 2. The minimum absolute atomic E-state index is 0.136. The number of hydrogen-bond acceptors (Lipinski definition) is 8. The van der Waals surface area contributed by atoms with Crippen molar-refractivity contribution in [3.05, 3.63) is 12.2 Å². The van der Waals surface area contributed by atoms with Crippen molar-refractivity contribution < 1.29 is 47.8 Å². The molecule has 4 N–H and O–H groups in total. The van der Waals surface area contributed by atoms with E-state index in [0.29, 0.717) is 12.8 Å². The topological polar surface area (TPSA) is 169 Å². The molecule has 12 heteroatoms. The fourth-order valence-corrected chi connectivity index (χ4v) is 4.06. The third-order valence-electron chi connectivity index (χ3n) is 5.55. The summed E-state index contributed by atoms with van der Waals surface area (Å²) < 4.78 is 26.2. The summed E-state index contributed by atoms with van der Waals surface area (Å²) in [6.45, 7) is 2.27. The van der Waals surface area contributed by atoms with Crippen molar-refractivity contribution in [1.29, 1.82) is 0 Å². The van der Waals surface area contributed by atoms with Crippen molar-refractivity contribution in [1.82, 2.24) is 5.32 Å². The highest BCUT2D eigenvalue weighted by molar-refractivity contribution is 7.47. The van der Waals surface area contributed by atoms with E-state index in [-0.39, 0.29) is 12.8 Å². The number of ether oxygens (including phenoxy) is 1. The predicted molar refractivity (Wildman–Crippen MR) is 143 cm³/mol. The summed E-state index contributed by atoms with van der Waals surface area (Å²) in [5.74, 6) is -2.42. The molecule has 0 heterocycles. The molecule has 38 heavy (non-hydrogen) atoms. The molecule has 0 spiro atoms. The Labute approximate surface area is 226 Å². The molecular weight excluding hydrogens is 517 g/mol. The van der Waals surface area contributed by atoms with Gasteiger partial charge in [-0.15, -0.1) is 0 Å². The first kappa shape index (κ1) is 36.2. The van der Waals surface area contributed by atoms with Gasteiger partial charge in [0.1, 0.15) is 12.7 Å². The maximum absolute atomic E-state index is 12.1. The van der Waals surface area contributed by atoms with Gasteiger partial charge < -0.3 is 25.2 Å². The highest BCUT2D eigenvalue weighted by Gasteiger charge is 2.28. The van der Waals surface area contributed by atoms with Crippen LogP contribution in [0.5, 0.6) is 0 Å². The molecule has 0 aliphatic carbocycles. The van der Waals surface area contributed by atoms with Gasteiger partial charge in [-0.25, -0.2) is 9.36 Å². The summed E-state index contributed by atoms with van der Waals surface area (Å²) in [5.41, 5.74) is 0. The highest BCUT2D eigenvalue weighted by Crippen LogP contribution is 2.43. The van der Waals surface area contributed by atoms with Gasteiger partial charge in [-0.2, -0.15) is 0 Å². The number of amides is 1. The minimum atomic E-state index is -4.72. The number of phosphoric ester groups is 1. The Balaban J connectivity index is 4.14. The van der Waals surface area contributed by atoms with Crippen LogP contribution < -0.4 is 5.32 Å². The molecule has 222 valence electrons. The second-order valence-corrected chi connectivity index (χ2v) is 10.7. The van der Waals surface area contributed by atoms with Crippen molar-refractivity contribution in [2.24, 2.45) is 0 Å². The quantitative estimate of drug-likeness (QED) is 0.0529. The maximum atomic E-state index is 12.1. The van der Waals surface area contributed by atoms with Crippen LogP contribution in [-0.4, -0.2) is 64.9 Å². The third-order valence-corrected chi connectivity index (χ3v) is 6.51. The zero-order chi connectivity index (χ0) is 28.7. The second-order valence-electron chi connectivity index (χ2n) is 9.23. The molecule has 0 fully saturated rings. The number of aliphatic carboxylic acids is 1. The number of esters is 1. The van der Waals surface area contributed by atoms with Gasteiger partial charge in [0.15, 0.2) is 6.04 Å². The largest absolute Gasteiger partial charge is 0.480 e. The number of allylic oxidation sites excluding steroid dienone is 2. The van der Waals surface area contributed by atoms with Crippen LogP contribution in [0.2, 0.25) is 0 Å². The fraction of sp³-hybridized carbons (Fsp3) is 0.808. The highest BCUT2D eigenvalue weighted by atomic mass is 31.2. The van der Waals surface area contributed by atoms with Crippen molar-refractivity contribution in [2.75, 3.05) is 19.8 Å². The molecule has 0 saturated carbocycles. The van der Waals surface area contributed by atoms with Crippen LogP contribution in [0.3, 0.4) is 0 Å². The first-order valence-corrected chi connectivity index (χ1v) is 15.2. The lowest BCUT2D eigenvalue weighted by atomic mass is 10.1. The smallest absolute Gasteiger partial charge is 0.472 e. The summed E-state index contributed by atoms with van der Waals surface area (Å²) in [7, 11) is -4.72. The zero-order valence-electron chi connectivity index (χ0n) is 23.0. The second kappa shape index (κ2) is 23.1. The van der Waals surface area contributed by atoms with E-state index in [9.17, 15) is 34.1 Å². The van der Waals surface area contributed by atoms with E-state index in [1.165, 1.54) is 12.8 Å². The molecular formula is C26H48NO10P. The van der Waals surface area contributed by atoms with Crippen LogP contribution >= 0.6 is 7.82 Å². The lowest BCUT2D eigenvalue weighted by molar-refractivity contribution is -0.147. The number of hydrogen-bond donors (Lipinski definition) is 4. The van der Waals surface area contributed by atoms with E-state index in [4.69, 9.17) is 4.74 Å². The molecule has 0 aliphatic heterocycles. The molecule has 0 aromatic carbocycles. The number of carboxylic acid groups (broad SMARTS) is 1. The first-order chi connectivity index (χ1) is 18.1. The van der Waals surface area contributed by atoms with Crippen molar-refractivity contribution in [2.45, 2.75) is 116 Å². The summed E-state index contributed by atoms with van der Waals surface area (Å²) in [6, 6.07) is -1.54. The molecule has 0 aromatic rings. The van der Waals surface area contributed by atoms with E-state index in [1.807, 2.05) is 6.92 Å². The Morgan fingerprint density at radius 1 is 0.816 bits per heavy atom. The SMILES string of the molecule is CCCC/C=C\CCCCCCCC(=O)NC(COP(=O)(O)OCC(O)COC(=O)CCCCC)C(=O)O. The van der Waals surface area contributed by atoms with Gasteiger partial charge in [-0.1, -0.05) is 70.9 Å². The van der Waals surface area contributed by atoms with Gasteiger partial charge in [-0.05, 0) is 32.1 Å². The summed E-state index contributed by atoms with van der Waals surface area (Å²) in [5, 5.41) is 21.3. The number of aliphatic hydroxyl groups is 1. The number of aliphatic hydroxyl groups excluding tert-OH is 1. The van der Waals surface area contributed by atoms with Crippen molar-refractivity contribution in [3.8, 4) is 0 Å². The molecule has 11 nitrogen and oxygen atoms in total. The number of unbranched alkanes of at least 4 members (excludes halogenated alkanes) is 9. The lowest BCUT2D eigenvalue weighted by Crippen LogP contribution is -2.43. The first-order valence-electron chi connectivity index (χ1n) is 13.7. The average molecular weight is 566 g/mol. The standard InChI is InChI=1S/C26H48NO10P/c1-3-5-7-8-9-10-11-12-13-14-16-17-24(29)27-23(26(31)32)21-37-38(33,34)36-20-22(28)19-35-25(30)18-15-6-4-2/h8-9,22-23,28H,3-7,10-21H2,1-2H3,(H,27,29)(H,31,32)(H,33,34)/b9-8-. The number of carboxylic acids is 1. The molecule has 3 unspecified atom stereocenters. The van der Waals surface area contributed by atoms with Crippen LogP contribution in [0.15, 0.2) is 12.2 Å². The molecule has 3 atom stereocenters. The van der Waals surface area contributed by atoms with E-state index in [0.717, 1.165) is 51.4 Å². The number of carbonyl (C=O) groups is 3. The molecule has 0 radical (unpaired) electrons. The van der Waals surface area contributed by atoms with Crippen LogP contribution in [0, 0.1) is 0 Å². The number of nitrogens with one attached hydrogen (secondary N) is 1. The Morgan fingerprint density at radius 3 is 2.05 bits per heavy atom. The van der Waals surface area contributed by atoms with Gasteiger partial charge >= 0.3 is 19.8 Å². The van der Waals surface area contributed by atoms with Gasteiger partial charge in [-0.3, -0.25) is 18.6 Å². The molecule has 0 aliphatic rings. The number of phosphoric acid groups is 1. The van der Waals surface area contributed by atoms with Crippen molar-refractivity contribution >= 4 is 25.7 Å². The van der Waals surface area contributed by atoms with Crippen LogP contribution in [0.25, 0.3) is 0 Å². The summed E-state index contributed by atoms with van der Waals surface area (Å²) >= 11 is 0. The Morgan fingerprint density at radius 2 is 1.39 bits per heavy atom. The van der Waals surface area contributed by atoms with Crippen LogP contribution in [-0.2, 0) is 32.7 Å². The zero-order valence-corrected chi connectivity index (χ0v) is 23.9. The summed E-state index contributed by atoms with van der Waals surface area (Å²) in [6.07, 6.45) is 15.1. The lowest BCUT2D eigenvalue weighted by Gasteiger charge is -2.18. The van der Waals surface area contributed by atoms with Crippen LogP contribution in [0.4, 0.5) is 0 Å². The van der Waals surface area contributed by atoms with E-state index >= 15 is 0 Å².